The Morgan fingerprint density at radius 2 is 2.11 bits per heavy atom. The maximum Gasteiger partial charge on any atom is 0.415 e. The van der Waals surface area contributed by atoms with Crippen LogP contribution in [0.2, 0.25) is 5.02 Å². The second-order valence-corrected chi connectivity index (χ2v) is 7.65. The summed E-state index contributed by atoms with van der Waals surface area (Å²) in [5.74, 6) is 0.359. The van der Waals surface area contributed by atoms with Gasteiger partial charge in [0.1, 0.15) is 0 Å². The van der Waals surface area contributed by atoms with Gasteiger partial charge in [-0.1, -0.05) is 24.2 Å². The minimum absolute atomic E-state index is 0.0298. The van der Waals surface area contributed by atoms with Gasteiger partial charge in [0.2, 0.25) is 0 Å². The third-order valence-corrected chi connectivity index (χ3v) is 4.96. The van der Waals surface area contributed by atoms with Crippen molar-refractivity contribution in [1.29, 1.82) is 0 Å². The normalized spacial score (nSPS) is 17.4. The lowest BCUT2D eigenvalue weighted by Gasteiger charge is -2.39. The van der Waals surface area contributed by atoms with E-state index < -0.39 is 0 Å². The van der Waals surface area contributed by atoms with Gasteiger partial charge in [-0.25, -0.2) is 4.79 Å². The van der Waals surface area contributed by atoms with Crippen molar-refractivity contribution >= 4 is 23.4 Å². The monoisotopic (exact) mass is 400 g/mol. The third kappa shape index (κ3) is 5.03. The van der Waals surface area contributed by atoms with E-state index in [1.165, 1.54) is 11.8 Å². The Kier molecular flexibility index (Phi) is 6.21. The number of aryl methyl sites for hydroxylation is 1. The first-order valence-corrected chi connectivity index (χ1v) is 9.56. The Morgan fingerprint density at radius 3 is 2.79 bits per heavy atom. The minimum atomic E-state index is -0.382. The number of hydrogen-bond donors (Lipinski definition) is 1. The molecule has 1 aromatic heterocycles. The summed E-state index contributed by atoms with van der Waals surface area (Å²) in [4.78, 5) is 20.7. The highest BCUT2D eigenvalue weighted by atomic mass is 35.5. The van der Waals surface area contributed by atoms with Gasteiger partial charge in [-0.2, -0.15) is 0 Å². The smallest absolute Gasteiger partial charge is 0.409 e. The molecule has 7 heteroatoms. The Morgan fingerprint density at radius 1 is 1.32 bits per heavy atom. The fraction of sp³-hybridized carbons (Fsp3) is 0.333. The number of aromatic nitrogens is 1. The predicted octanol–water partition coefficient (Wildman–Crippen LogP) is 3.68. The first-order chi connectivity index (χ1) is 13.3. The molecule has 2 heterocycles. The van der Waals surface area contributed by atoms with Crippen molar-refractivity contribution in [3.05, 3.63) is 65.0 Å². The SMILES string of the molecule is C=C(N)c1cncc(OC(=O)N2CCN(Cc3cc(C)cc(Cl)c3)C[C@H]2C)c1. The van der Waals surface area contributed by atoms with Crippen molar-refractivity contribution in [2.24, 2.45) is 5.73 Å². The van der Waals surface area contributed by atoms with Crippen LogP contribution >= 0.6 is 11.6 Å². The molecule has 1 aromatic carbocycles. The zero-order chi connectivity index (χ0) is 20.3. The molecular weight excluding hydrogens is 376 g/mol. The molecule has 1 atom stereocenters. The van der Waals surface area contributed by atoms with Crippen LogP contribution in [0.4, 0.5) is 4.79 Å². The van der Waals surface area contributed by atoms with Crippen molar-refractivity contribution in [2.45, 2.75) is 26.4 Å². The van der Waals surface area contributed by atoms with Crippen LogP contribution in [0.1, 0.15) is 23.6 Å². The Hall–Kier alpha value is -2.57. The van der Waals surface area contributed by atoms with Crippen molar-refractivity contribution in [2.75, 3.05) is 19.6 Å². The van der Waals surface area contributed by atoms with E-state index in [1.807, 2.05) is 26.0 Å². The summed E-state index contributed by atoms with van der Waals surface area (Å²) in [6.45, 7) is 10.7. The molecule has 1 fully saturated rings. The number of carbonyl (C=O) groups excluding carboxylic acids is 1. The molecule has 0 unspecified atom stereocenters. The van der Waals surface area contributed by atoms with Crippen LogP contribution in [0.5, 0.6) is 5.75 Å². The molecule has 1 amide bonds. The number of rotatable bonds is 4. The number of amides is 1. The van der Waals surface area contributed by atoms with Gasteiger partial charge in [0.05, 0.1) is 6.20 Å². The highest BCUT2D eigenvalue weighted by Gasteiger charge is 2.29. The van der Waals surface area contributed by atoms with Crippen LogP contribution in [-0.2, 0) is 6.54 Å². The molecule has 0 aliphatic carbocycles. The molecule has 148 valence electrons. The van der Waals surface area contributed by atoms with Crippen molar-refractivity contribution in [1.82, 2.24) is 14.8 Å². The van der Waals surface area contributed by atoms with Gasteiger partial charge in [-0.15, -0.1) is 0 Å². The van der Waals surface area contributed by atoms with Gasteiger partial charge < -0.3 is 15.4 Å². The molecule has 1 saturated heterocycles. The zero-order valence-electron chi connectivity index (χ0n) is 16.2. The van der Waals surface area contributed by atoms with Crippen molar-refractivity contribution < 1.29 is 9.53 Å². The molecule has 0 bridgehead atoms. The van der Waals surface area contributed by atoms with Crippen LogP contribution in [0.15, 0.2) is 43.2 Å². The fourth-order valence-corrected chi connectivity index (χ4v) is 3.73. The first-order valence-electron chi connectivity index (χ1n) is 9.18. The number of pyridine rings is 1. The predicted molar refractivity (Wildman–Crippen MR) is 111 cm³/mol. The standard InChI is InChI=1S/C21H25ClN4O2/c1-14-6-17(8-19(22)7-14)13-25-4-5-26(15(2)12-25)21(27)28-20-9-18(16(3)23)10-24-11-20/h6-11,15H,3-5,12-13,23H2,1-2H3/t15-/m1/s1. The van der Waals surface area contributed by atoms with Crippen LogP contribution in [0.3, 0.4) is 0 Å². The number of ether oxygens (including phenoxy) is 1. The Balaban J connectivity index is 1.59. The number of piperazine rings is 1. The number of benzene rings is 1. The molecule has 6 nitrogen and oxygen atoms in total. The lowest BCUT2D eigenvalue weighted by atomic mass is 10.1. The molecule has 2 N–H and O–H groups in total. The van der Waals surface area contributed by atoms with Gasteiger partial charge in [0, 0.05) is 54.7 Å². The van der Waals surface area contributed by atoms with Crippen molar-refractivity contribution in [3.8, 4) is 5.75 Å². The minimum Gasteiger partial charge on any atom is -0.409 e. The van der Waals surface area contributed by atoms with Crippen LogP contribution in [-0.4, -0.2) is 46.6 Å². The summed E-state index contributed by atoms with van der Waals surface area (Å²) >= 11 is 6.16. The quantitative estimate of drug-likeness (QED) is 0.847. The molecule has 0 saturated carbocycles. The lowest BCUT2D eigenvalue weighted by Crippen LogP contribution is -2.54. The molecular formula is C21H25ClN4O2. The third-order valence-electron chi connectivity index (χ3n) is 4.74. The maximum atomic E-state index is 12.6. The summed E-state index contributed by atoms with van der Waals surface area (Å²) in [5.41, 5.74) is 9.02. The molecule has 2 aromatic rings. The zero-order valence-corrected chi connectivity index (χ0v) is 16.9. The topological polar surface area (TPSA) is 71.7 Å². The molecule has 0 spiro atoms. The largest absolute Gasteiger partial charge is 0.415 e. The van der Waals surface area contributed by atoms with Crippen LogP contribution < -0.4 is 10.5 Å². The van der Waals surface area contributed by atoms with E-state index >= 15 is 0 Å². The summed E-state index contributed by atoms with van der Waals surface area (Å²) in [6.07, 6.45) is 2.69. The number of nitrogens with zero attached hydrogens (tertiary/aromatic N) is 3. The van der Waals surface area contributed by atoms with E-state index in [0.717, 1.165) is 30.2 Å². The average molecular weight is 401 g/mol. The molecule has 3 rings (SSSR count). The second-order valence-electron chi connectivity index (χ2n) is 7.22. The number of halogens is 1. The van der Waals surface area contributed by atoms with Gasteiger partial charge in [0.15, 0.2) is 5.75 Å². The van der Waals surface area contributed by atoms with E-state index in [2.05, 4.69) is 22.5 Å². The van der Waals surface area contributed by atoms with Gasteiger partial charge in [0.25, 0.3) is 0 Å². The van der Waals surface area contributed by atoms with Crippen molar-refractivity contribution in [3.63, 3.8) is 0 Å². The summed E-state index contributed by atoms with van der Waals surface area (Å²) in [6, 6.07) is 7.77. The van der Waals surface area contributed by atoms with Gasteiger partial charge in [-0.05, 0) is 43.2 Å². The molecule has 1 aliphatic rings. The molecule has 0 radical (unpaired) electrons. The summed E-state index contributed by atoms with van der Waals surface area (Å²) in [5, 5.41) is 0.751. The Bertz CT molecular complexity index is 866. The fourth-order valence-electron chi connectivity index (χ4n) is 3.42. The summed E-state index contributed by atoms with van der Waals surface area (Å²) in [7, 11) is 0. The summed E-state index contributed by atoms with van der Waals surface area (Å²) < 4.78 is 5.49. The number of hydrogen-bond acceptors (Lipinski definition) is 5. The van der Waals surface area contributed by atoms with E-state index in [1.54, 1.807) is 17.2 Å². The lowest BCUT2D eigenvalue weighted by molar-refractivity contribution is 0.0752. The average Bonchev–Trinajstić information content (AvgIpc) is 2.61. The van der Waals surface area contributed by atoms with E-state index in [0.29, 0.717) is 23.6 Å². The van der Waals surface area contributed by atoms with E-state index in [9.17, 15) is 4.79 Å². The van der Waals surface area contributed by atoms with Crippen LogP contribution in [0, 0.1) is 6.92 Å². The first kappa shape index (κ1) is 20.2. The number of carbonyl (C=O) groups is 1. The molecule has 28 heavy (non-hydrogen) atoms. The van der Waals surface area contributed by atoms with Crippen LogP contribution in [0.25, 0.3) is 5.70 Å². The van der Waals surface area contributed by atoms with Gasteiger partial charge >= 0.3 is 6.09 Å². The van der Waals surface area contributed by atoms with Gasteiger partial charge in [-0.3, -0.25) is 9.88 Å². The second kappa shape index (κ2) is 8.63. The van der Waals surface area contributed by atoms with E-state index in [4.69, 9.17) is 22.1 Å². The number of nitrogens with two attached hydrogens (primary N) is 1. The maximum absolute atomic E-state index is 12.6. The Labute approximate surface area is 170 Å². The molecule has 1 aliphatic heterocycles. The van der Waals surface area contributed by atoms with E-state index in [-0.39, 0.29) is 12.1 Å². The highest BCUT2D eigenvalue weighted by Crippen LogP contribution is 2.20. The highest BCUT2D eigenvalue weighted by molar-refractivity contribution is 6.30.